The number of carbonyl (C=O) groups is 3. The van der Waals surface area contributed by atoms with Crippen LogP contribution in [0.1, 0.15) is 51.6 Å². The third-order valence-corrected chi connectivity index (χ3v) is 4.11. The first-order chi connectivity index (χ1) is 9.04. The lowest BCUT2D eigenvalue weighted by Crippen LogP contribution is -2.14. The fourth-order valence-electron chi connectivity index (χ4n) is 2.12. The molecule has 0 saturated heterocycles. The van der Waals surface area contributed by atoms with Gasteiger partial charge in [-0.1, -0.05) is 0 Å². The van der Waals surface area contributed by atoms with Crippen LogP contribution in [-0.2, 0) is 16.0 Å². The van der Waals surface area contributed by atoms with Gasteiger partial charge < -0.3 is 10.1 Å². The smallest absolute Gasteiger partial charge is 0.350 e. The third kappa shape index (κ3) is 2.68. The number of nitrogens with one attached hydrogen (secondary N) is 1. The number of fused-ring (bicyclic) bond motifs is 1. The second-order valence-corrected chi connectivity index (χ2v) is 5.31. The zero-order valence-corrected chi connectivity index (χ0v) is 11.7. The number of ketones is 1. The summed E-state index contributed by atoms with van der Waals surface area (Å²) < 4.78 is 4.97. The van der Waals surface area contributed by atoms with Crippen molar-refractivity contribution in [1.82, 2.24) is 0 Å². The maximum Gasteiger partial charge on any atom is 0.350 e. The monoisotopic (exact) mass is 281 g/mol. The molecule has 1 heterocycles. The maximum absolute atomic E-state index is 11.9. The van der Waals surface area contributed by atoms with Crippen molar-refractivity contribution in [1.29, 1.82) is 0 Å². The van der Waals surface area contributed by atoms with Gasteiger partial charge in [0.05, 0.1) is 17.2 Å². The van der Waals surface area contributed by atoms with Gasteiger partial charge in [-0.2, -0.15) is 0 Å². The number of anilines is 1. The van der Waals surface area contributed by atoms with Gasteiger partial charge in [-0.15, -0.1) is 11.3 Å². The van der Waals surface area contributed by atoms with Crippen LogP contribution in [0.3, 0.4) is 0 Å². The van der Waals surface area contributed by atoms with E-state index >= 15 is 0 Å². The van der Waals surface area contributed by atoms with Crippen LogP contribution in [0, 0.1) is 0 Å². The Hall–Kier alpha value is -1.69. The number of hydrogen-bond acceptors (Lipinski definition) is 5. The molecule has 2 rings (SSSR count). The minimum Gasteiger partial charge on any atom is -0.462 e. The highest BCUT2D eigenvalue weighted by Crippen LogP contribution is 2.38. The fraction of sp³-hybridized carbons (Fsp3) is 0.462. The SMILES string of the molecule is CCOC(=O)c1sc2c(c1NC(C)=O)CCCC2=O. The lowest BCUT2D eigenvalue weighted by Gasteiger charge is -2.12. The molecule has 5 nitrogen and oxygen atoms in total. The summed E-state index contributed by atoms with van der Waals surface area (Å²) in [6, 6.07) is 0. The van der Waals surface area contributed by atoms with Crippen molar-refractivity contribution in [2.24, 2.45) is 0 Å². The van der Waals surface area contributed by atoms with Gasteiger partial charge in [-0.25, -0.2) is 4.79 Å². The molecular weight excluding hydrogens is 266 g/mol. The Morgan fingerprint density at radius 2 is 2.11 bits per heavy atom. The quantitative estimate of drug-likeness (QED) is 0.863. The standard InChI is InChI=1S/C13H15NO4S/c1-3-18-13(17)12-10(14-7(2)15)8-5-4-6-9(16)11(8)19-12/h3-6H2,1-2H3,(H,14,15). The molecule has 0 unspecified atom stereocenters. The van der Waals surface area contributed by atoms with E-state index < -0.39 is 5.97 Å². The molecule has 1 aliphatic rings. The number of esters is 1. The van der Waals surface area contributed by atoms with E-state index in [9.17, 15) is 14.4 Å². The van der Waals surface area contributed by atoms with E-state index in [4.69, 9.17) is 4.74 Å². The number of hydrogen-bond donors (Lipinski definition) is 1. The molecule has 6 heteroatoms. The van der Waals surface area contributed by atoms with Crippen LogP contribution in [-0.4, -0.2) is 24.3 Å². The van der Waals surface area contributed by atoms with Gasteiger partial charge in [0.25, 0.3) is 0 Å². The van der Waals surface area contributed by atoms with Gasteiger partial charge in [0.2, 0.25) is 5.91 Å². The summed E-state index contributed by atoms with van der Waals surface area (Å²) in [4.78, 5) is 35.9. The Bertz CT molecular complexity index is 547. The van der Waals surface area contributed by atoms with E-state index in [1.54, 1.807) is 6.92 Å². The largest absolute Gasteiger partial charge is 0.462 e. The van der Waals surface area contributed by atoms with E-state index in [0.717, 1.165) is 23.3 Å². The first-order valence-corrected chi connectivity index (χ1v) is 6.99. The molecular formula is C13H15NO4S. The fourth-order valence-corrected chi connectivity index (χ4v) is 3.28. The molecule has 0 aromatic carbocycles. The average Bonchev–Trinajstić information content (AvgIpc) is 2.70. The second-order valence-electron chi connectivity index (χ2n) is 4.29. The van der Waals surface area contributed by atoms with E-state index in [2.05, 4.69) is 5.32 Å². The summed E-state index contributed by atoms with van der Waals surface area (Å²) in [5.74, 6) is -0.712. The highest BCUT2D eigenvalue weighted by atomic mass is 32.1. The lowest BCUT2D eigenvalue weighted by atomic mass is 9.96. The molecule has 1 aliphatic carbocycles. The normalized spacial score (nSPS) is 13.9. The van der Waals surface area contributed by atoms with Gasteiger partial charge in [0.15, 0.2) is 5.78 Å². The molecule has 1 aromatic heterocycles. The van der Waals surface area contributed by atoms with Crippen LogP contribution in [0.25, 0.3) is 0 Å². The van der Waals surface area contributed by atoms with Gasteiger partial charge in [-0.3, -0.25) is 9.59 Å². The molecule has 1 amide bonds. The van der Waals surface area contributed by atoms with E-state index in [0.29, 0.717) is 28.3 Å². The topological polar surface area (TPSA) is 72.5 Å². The Labute approximate surface area is 114 Å². The summed E-state index contributed by atoms with van der Waals surface area (Å²) in [5.41, 5.74) is 1.23. The van der Waals surface area contributed by atoms with E-state index in [1.165, 1.54) is 6.92 Å². The Morgan fingerprint density at radius 3 is 2.74 bits per heavy atom. The van der Waals surface area contributed by atoms with Crippen LogP contribution >= 0.6 is 11.3 Å². The van der Waals surface area contributed by atoms with Crippen molar-refractivity contribution in [3.63, 3.8) is 0 Å². The highest BCUT2D eigenvalue weighted by Gasteiger charge is 2.29. The van der Waals surface area contributed by atoms with E-state index in [1.807, 2.05) is 0 Å². The molecule has 0 aliphatic heterocycles. The Balaban J connectivity index is 2.49. The summed E-state index contributed by atoms with van der Waals surface area (Å²) >= 11 is 1.12. The van der Waals surface area contributed by atoms with Crippen molar-refractivity contribution in [2.45, 2.75) is 33.1 Å². The molecule has 102 valence electrons. The van der Waals surface area contributed by atoms with Crippen LogP contribution in [0.4, 0.5) is 5.69 Å². The first kappa shape index (κ1) is 13.7. The number of carbonyl (C=O) groups excluding carboxylic acids is 3. The second kappa shape index (κ2) is 5.52. The summed E-state index contributed by atoms with van der Waals surface area (Å²) in [5, 5.41) is 2.66. The first-order valence-electron chi connectivity index (χ1n) is 6.18. The van der Waals surface area contributed by atoms with Crippen LogP contribution in [0.2, 0.25) is 0 Å². The third-order valence-electron chi connectivity index (χ3n) is 2.85. The number of thiophene rings is 1. The minimum atomic E-state index is -0.488. The number of Topliss-reactive ketones (excluding diaryl/α,β-unsaturated/α-hetero) is 1. The van der Waals surface area contributed by atoms with Crippen molar-refractivity contribution >= 4 is 34.7 Å². The van der Waals surface area contributed by atoms with Crippen molar-refractivity contribution < 1.29 is 19.1 Å². The molecule has 0 fully saturated rings. The molecule has 0 bridgehead atoms. The van der Waals surface area contributed by atoms with Crippen LogP contribution in [0.15, 0.2) is 0 Å². The summed E-state index contributed by atoms with van der Waals surface area (Å²) in [6.45, 7) is 3.35. The predicted molar refractivity (Wildman–Crippen MR) is 71.8 cm³/mol. The Morgan fingerprint density at radius 1 is 1.37 bits per heavy atom. The van der Waals surface area contributed by atoms with E-state index in [-0.39, 0.29) is 18.3 Å². The molecule has 0 radical (unpaired) electrons. The van der Waals surface area contributed by atoms with Crippen LogP contribution in [0.5, 0.6) is 0 Å². The van der Waals surface area contributed by atoms with Gasteiger partial charge in [0.1, 0.15) is 4.88 Å². The zero-order chi connectivity index (χ0) is 14.0. The lowest BCUT2D eigenvalue weighted by molar-refractivity contribution is -0.114. The minimum absolute atomic E-state index is 0.0356. The molecule has 1 aromatic rings. The molecule has 0 saturated carbocycles. The summed E-state index contributed by atoms with van der Waals surface area (Å²) in [6.07, 6.45) is 1.94. The molecule has 19 heavy (non-hydrogen) atoms. The number of amides is 1. The number of ether oxygens (including phenoxy) is 1. The Kier molecular flexibility index (Phi) is 3.99. The molecule has 0 spiro atoms. The number of rotatable bonds is 3. The predicted octanol–water partition coefficient (Wildman–Crippen LogP) is 2.40. The average molecular weight is 281 g/mol. The van der Waals surface area contributed by atoms with Crippen molar-refractivity contribution in [3.05, 3.63) is 15.3 Å². The molecule has 1 N–H and O–H groups in total. The van der Waals surface area contributed by atoms with Crippen molar-refractivity contribution in [3.8, 4) is 0 Å². The molecule has 0 atom stereocenters. The maximum atomic E-state index is 11.9. The van der Waals surface area contributed by atoms with Gasteiger partial charge >= 0.3 is 5.97 Å². The highest BCUT2D eigenvalue weighted by molar-refractivity contribution is 7.16. The zero-order valence-electron chi connectivity index (χ0n) is 10.9. The summed E-state index contributed by atoms with van der Waals surface area (Å²) in [7, 11) is 0. The van der Waals surface area contributed by atoms with Crippen molar-refractivity contribution in [2.75, 3.05) is 11.9 Å². The van der Waals surface area contributed by atoms with Gasteiger partial charge in [-0.05, 0) is 25.3 Å². The van der Waals surface area contributed by atoms with Gasteiger partial charge in [0, 0.05) is 13.3 Å². The van der Waals surface area contributed by atoms with Crippen LogP contribution < -0.4 is 5.32 Å².